The molecule has 1 aromatic carbocycles. The fraction of sp³-hybridized carbons (Fsp3) is 0.600. The van der Waals surface area contributed by atoms with Crippen LogP contribution in [0.2, 0.25) is 0 Å². The minimum atomic E-state index is 0.102. The Kier molecular flexibility index (Phi) is 23.9. The summed E-state index contributed by atoms with van der Waals surface area (Å²) in [6.07, 6.45) is 2.10. The van der Waals surface area contributed by atoms with Crippen molar-refractivity contribution in [3.8, 4) is 0 Å². The molecule has 0 aromatic heterocycles. The Bertz CT molecular complexity index is 399. The van der Waals surface area contributed by atoms with Crippen LogP contribution in [0.4, 0.5) is 0 Å². The molecule has 146 valence electrons. The molecule has 0 aliphatic carbocycles. The molecular weight excluding hydrogens is 332 g/mol. The molecule has 0 atom stereocenters. The van der Waals surface area contributed by atoms with E-state index in [0.717, 1.165) is 0 Å². The molecule has 4 nitrogen and oxygen atoms in total. The van der Waals surface area contributed by atoms with Crippen LogP contribution in [-0.2, 0) is 9.59 Å². The largest absolute Gasteiger partial charge is 0.324 e. The molecule has 0 saturated heterocycles. The van der Waals surface area contributed by atoms with Crippen LogP contribution in [0.25, 0.3) is 0 Å². The summed E-state index contributed by atoms with van der Waals surface area (Å²) >= 11 is 1.86. The molecule has 0 amide bonds. The third kappa shape index (κ3) is 25.2. The molecule has 25 heavy (non-hydrogen) atoms. The maximum absolute atomic E-state index is 10.4. The summed E-state index contributed by atoms with van der Waals surface area (Å²) in [5.74, 6) is 1.69. The van der Waals surface area contributed by atoms with Crippen molar-refractivity contribution in [2.75, 3.05) is 25.1 Å². The molecule has 5 heteroatoms. The topological polar surface area (TPSA) is 86.2 Å². The lowest BCUT2D eigenvalue weighted by Gasteiger charge is -1.96. The first kappa shape index (κ1) is 28.6. The lowest BCUT2D eigenvalue weighted by molar-refractivity contribution is -0.121. The summed E-state index contributed by atoms with van der Waals surface area (Å²) in [6, 6.07) is 10.3. The van der Waals surface area contributed by atoms with Crippen LogP contribution < -0.4 is 11.5 Å². The van der Waals surface area contributed by atoms with E-state index >= 15 is 0 Å². The predicted octanol–water partition coefficient (Wildman–Crippen LogP) is 3.70. The number of benzene rings is 1. The van der Waals surface area contributed by atoms with E-state index in [0.29, 0.717) is 0 Å². The summed E-state index contributed by atoms with van der Waals surface area (Å²) in [6.45, 7) is 12.0. The minimum absolute atomic E-state index is 0.102. The SMILES string of the molecule is CC(C)C(=O)CN.CC(C)C(=O)CN.CCSC.Cc1ccccc1. The van der Waals surface area contributed by atoms with Crippen molar-refractivity contribution in [2.24, 2.45) is 23.3 Å². The molecule has 0 radical (unpaired) electrons. The van der Waals surface area contributed by atoms with E-state index in [1.807, 2.05) is 57.7 Å². The van der Waals surface area contributed by atoms with Crippen LogP contribution in [0.5, 0.6) is 0 Å². The Morgan fingerprint density at radius 1 is 0.920 bits per heavy atom. The monoisotopic (exact) mass is 370 g/mol. The lowest BCUT2D eigenvalue weighted by Crippen LogP contribution is -2.18. The second-order valence-corrected chi connectivity index (χ2v) is 7.04. The van der Waals surface area contributed by atoms with Gasteiger partial charge in [-0.25, -0.2) is 0 Å². The summed E-state index contributed by atoms with van der Waals surface area (Å²) in [4.78, 5) is 20.8. The molecule has 0 unspecified atom stereocenters. The second-order valence-electron chi connectivity index (χ2n) is 5.88. The van der Waals surface area contributed by atoms with Crippen LogP contribution >= 0.6 is 11.8 Å². The molecule has 0 saturated carbocycles. The van der Waals surface area contributed by atoms with E-state index in [-0.39, 0.29) is 36.5 Å². The van der Waals surface area contributed by atoms with Crippen LogP contribution in [0.3, 0.4) is 0 Å². The van der Waals surface area contributed by atoms with E-state index in [4.69, 9.17) is 11.5 Å². The van der Waals surface area contributed by atoms with Crippen molar-refractivity contribution in [1.29, 1.82) is 0 Å². The summed E-state index contributed by atoms with van der Waals surface area (Å²) < 4.78 is 0. The fourth-order valence-corrected chi connectivity index (χ4v) is 1.01. The summed E-state index contributed by atoms with van der Waals surface area (Å²) in [5, 5.41) is 0. The van der Waals surface area contributed by atoms with Crippen molar-refractivity contribution in [2.45, 2.75) is 41.5 Å². The Hall–Kier alpha value is -1.17. The van der Waals surface area contributed by atoms with Gasteiger partial charge in [0, 0.05) is 11.8 Å². The normalized spacial score (nSPS) is 9.08. The highest BCUT2D eigenvalue weighted by Crippen LogP contribution is 1.92. The number of aryl methyl sites for hydroxylation is 1. The number of thioether (sulfide) groups is 1. The number of ketones is 2. The average Bonchev–Trinajstić information content (AvgIpc) is 2.61. The van der Waals surface area contributed by atoms with Gasteiger partial charge in [0.25, 0.3) is 0 Å². The van der Waals surface area contributed by atoms with Crippen molar-refractivity contribution in [3.05, 3.63) is 35.9 Å². The molecule has 4 N–H and O–H groups in total. The molecule has 0 aliphatic heterocycles. The average molecular weight is 371 g/mol. The first-order valence-electron chi connectivity index (χ1n) is 8.63. The Labute approximate surface area is 159 Å². The number of Topliss-reactive ketones (excluding diaryl/α,β-unsaturated/α-hetero) is 2. The first-order valence-corrected chi connectivity index (χ1v) is 10.0. The van der Waals surface area contributed by atoms with Gasteiger partial charge in [-0.05, 0) is 18.9 Å². The number of nitrogens with two attached hydrogens (primary N) is 2. The molecule has 1 rings (SSSR count). The van der Waals surface area contributed by atoms with E-state index in [2.05, 4.69) is 32.2 Å². The molecular formula is C20H38N2O2S. The van der Waals surface area contributed by atoms with Gasteiger partial charge in [-0.1, -0.05) is 70.5 Å². The van der Waals surface area contributed by atoms with Gasteiger partial charge < -0.3 is 11.5 Å². The Morgan fingerprint density at radius 2 is 1.24 bits per heavy atom. The number of hydrogen-bond acceptors (Lipinski definition) is 5. The fourth-order valence-electron chi connectivity index (χ4n) is 1.01. The predicted molar refractivity (Wildman–Crippen MR) is 113 cm³/mol. The molecule has 0 aliphatic rings. The zero-order valence-electron chi connectivity index (χ0n) is 17.0. The van der Waals surface area contributed by atoms with Gasteiger partial charge in [0.2, 0.25) is 0 Å². The van der Waals surface area contributed by atoms with E-state index < -0.39 is 0 Å². The smallest absolute Gasteiger partial charge is 0.148 e. The van der Waals surface area contributed by atoms with Crippen LogP contribution in [0, 0.1) is 18.8 Å². The number of carbonyl (C=O) groups is 2. The van der Waals surface area contributed by atoms with Gasteiger partial charge in [-0.15, -0.1) is 0 Å². The van der Waals surface area contributed by atoms with Gasteiger partial charge in [0.1, 0.15) is 11.6 Å². The van der Waals surface area contributed by atoms with Gasteiger partial charge in [-0.3, -0.25) is 9.59 Å². The van der Waals surface area contributed by atoms with Crippen molar-refractivity contribution in [1.82, 2.24) is 0 Å². The number of hydrogen-bond donors (Lipinski definition) is 2. The quantitative estimate of drug-likeness (QED) is 0.825. The Balaban J connectivity index is -0.000000264. The zero-order chi connectivity index (χ0) is 20.3. The molecule has 0 spiro atoms. The number of rotatable bonds is 5. The third-order valence-electron chi connectivity index (χ3n) is 2.92. The van der Waals surface area contributed by atoms with Gasteiger partial charge in [-0.2, -0.15) is 11.8 Å². The first-order chi connectivity index (χ1) is 11.7. The van der Waals surface area contributed by atoms with Gasteiger partial charge >= 0.3 is 0 Å². The van der Waals surface area contributed by atoms with Crippen LogP contribution in [-0.4, -0.2) is 36.7 Å². The van der Waals surface area contributed by atoms with Crippen molar-refractivity contribution >= 4 is 23.3 Å². The maximum Gasteiger partial charge on any atom is 0.148 e. The third-order valence-corrected chi connectivity index (χ3v) is 3.50. The molecule has 0 fully saturated rings. The van der Waals surface area contributed by atoms with Crippen LogP contribution in [0.15, 0.2) is 30.3 Å². The zero-order valence-corrected chi connectivity index (χ0v) is 17.9. The standard InChI is InChI=1S/C7H8.2C5H11NO.C3H8S/c1-7-5-3-2-4-6-7;2*1-4(2)5(7)3-6;1-3-4-2/h2-6H,1H3;2*4H,3,6H2,1-2H3;3H2,1-2H3. The van der Waals surface area contributed by atoms with Crippen molar-refractivity contribution in [3.63, 3.8) is 0 Å². The van der Waals surface area contributed by atoms with E-state index in [9.17, 15) is 9.59 Å². The highest BCUT2D eigenvalue weighted by Gasteiger charge is 2.01. The van der Waals surface area contributed by atoms with E-state index in [1.165, 1.54) is 11.3 Å². The molecule has 1 aromatic rings. The molecule has 0 heterocycles. The molecule has 0 bridgehead atoms. The van der Waals surface area contributed by atoms with Crippen molar-refractivity contribution < 1.29 is 9.59 Å². The lowest BCUT2D eigenvalue weighted by atomic mass is 10.1. The Morgan fingerprint density at radius 3 is 1.32 bits per heavy atom. The number of carbonyl (C=O) groups excluding carboxylic acids is 2. The summed E-state index contributed by atoms with van der Waals surface area (Å²) in [5.41, 5.74) is 11.4. The highest BCUT2D eigenvalue weighted by molar-refractivity contribution is 7.98. The van der Waals surface area contributed by atoms with Gasteiger partial charge in [0.05, 0.1) is 13.1 Å². The minimum Gasteiger partial charge on any atom is -0.324 e. The summed E-state index contributed by atoms with van der Waals surface area (Å²) in [7, 11) is 0. The second kappa shape index (κ2) is 20.9. The van der Waals surface area contributed by atoms with Crippen LogP contribution in [0.1, 0.15) is 40.2 Å². The maximum atomic E-state index is 10.4. The highest BCUT2D eigenvalue weighted by atomic mass is 32.2. The van der Waals surface area contributed by atoms with Gasteiger partial charge in [0.15, 0.2) is 0 Å². The van der Waals surface area contributed by atoms with E-state index in [1.54, 1.807) is 0 Å².